The maximum Gasteiger partial charge on any atom is 0.433 e. The van der Waals surface area contributed by atoms with E-state index in [1.807, 2.05) is 0 Å². The normalized spacial score (nSPS) is 12.7. The molecule has 0 atom stereocenters. The minimum Gasteiger partial charge on any atom is -0.465 e. The number of ether oxygens (including phenoxy) is 1. The molecule has 0 bridgehead atoms. The van der Waals surface area contributed by atoms with E-state index in [-0.39, 0.29) is 11.1 Å². The molecular weight excluding hydrogens is 434 g/mol. The molecule has 0 aliphatic heterocycles. The molecule has 14 heteroatoms. The zero-order chi connectivity index (χ0) is 22.8. The molecule has 3 heterocycles. The Morgan fingerprint density at radius 1 is 1.03 bits per heavy atom. The van der Waals surface area contributed by atoms with Crippen molar-refractivity contribution in [2.75, 3.05) is 7.11 Å². The van der Waals surface area contributed by atoms with Gasteiger partial charge in [0.05, 0.1) is 12.7 Å². The van der Waals surface area contributed by atoms with Crippen LogP contribution >= 0.6 is 0 Å². The molecule has 0 spiro atoms. The molecule has 0 unspecified atom stereocenters. The predicted octanol–water partition coefficient (Wildman–Crippen LogP) is 3.34. The van der Waals surface area contributed by atoms with Gasteiger partial charge in [0.2, 0.25) is 0 Å². The van der Waals surface area contributed by atoms with E-state index in [4.69, 9.17) is 0 Å². The lowest BCUT2D eigenvalue weighted by atomic mass is 10.1. The summed E-state index contributed by atoms with van der Waals surface area (Å²) in [6.45, 7) is 0. The molecule has 3 aromatic rings. The largest absolute Gasteiger partial charge is 0.465 e. The average Bonchev–Trinajstić information content (AvgIpc) is 3.19. The molecular formula is C17H10F6N6O2. The van der Waals surface area contributed by atoms with E-state index in [1.54, 1.807) is 0 Å². The number of esters is 1. The Balaban J connectivity index is 2.07. The van der Waals surface area contributed by atoms with Crippen LogP contribution in [0.5, 0.6) is 0 Å². The third kappa shape index (κ3) is 5.02. The molecule has 0 radical (unpaired) electrons. The van der Waals surface area contributed by atoms with Gasteiger partial charge in [-0.2, -0.15) is 26.3 Å². The number of hydrogen-bond acceptors (Lipinski definition) is 7. The second-order valence-corrected chi connectivity index (χ2v) is 5.83. The molecule has 3 aromatic heterocycles. The average molecular weight is 444 g/mol. The third-order valence-corrected chi connectivity index (χ3v) is 3.71. The van der Waals surface area contributed by atoms with E-state index < -0.39 is 41.1 Å². The van der Waals surface area contributed by atoms with Crippen LogP contribution in [0.25, 0.3) is 23.2 Å². The number of rotatable bonds is 4. The van der Waals surface area contributed by atoms with Gasteiger partial charge in [0.1, 0.15) is 24.0 Å². The summed E-state index contributed by atoms with van der Waals surface area (Å²) in [5.41, 5.74) is -3.92. The maximum absolute atomic E-state index is 13.0. The number of pyridine rings is 1. The Kier molecular flexibility index (Phi) is 5.73. The first-order valence-electron chi connectivity index (χ1n) is 8.12. The van der Waals surface area contributed by atoms with Crippen molar-refractivity contribution in [3.8, 4) is 11.4 Å². The van der Waals surface area contributed by atoms with Crippen molar-refractivity contribution in [1.82, 2.24) is 29.7 Å². The fourth-order valence-electron chi connectivity index (χ4n) is 2.34. The number of alkyl halides is 6. The van der Waals surface area contributed by atoms with E-state index >= 15 is 0 Å². The van der Waals surface area contributed by atoms with Crippen LogP contribution in [0.2, 0.25) is 0 Å². The highest BCUT2D eigenvalue weighted by Gasteiger charge is 2.39. The van der Waals surface area contributed by atoms with Crippen molar-refractivity contribution < 1.29 is 35.9 Å². The van der Waals surface area contributed by atoms with Crippen LogP contribution in [0.3, 0.4) is 0 Å². The smallest absolute Gasteiger partial charge is 0.433 e. The molecule has 0 amide bonds. The third-order valence-electron chi connectivity index (χ3n) is 3.71. The summed E-state index contributed by atoms with van der Waals surface area (Å²) < 4.78 is 83.6. The zero-order valence-electron chi connectivity index (χ0n) is 15.3. The van der Waals surface area contributed by atoms with Crippen LogP contribution in [0.1, 0.15) is 17.0 Å². The number of nitrogens with zero attached hydrogens (tertiary/aromatic N) is 6. The minimum absolute atomic E-state index is 0.0822. The molecule has 0 fully saturated rings. The van der Waals surface area contributed by atoms with Gasteiger partial charge in [-0.1, -0.05) is 0 Å². The van der Waals surface area contributed by atoms with Crippen LogP contribution in [0.4, 0.5) is 26.3 Å². The summed E-state index contributed by atoms with van der Waals surface area (Å²) in [5.74, 6) is -1.27. The molecule has 0 aliphatic carbocycles. The van der Waals surface area contributed by atoms with Gasteiger partial charge in [0.15, 0.2) is 5.82 Å². The van der Waals surface area contributed by atoms with Crippen LogP contribution in [-0.4, -0.2) is 42.8 Å². The van der Waals surface area contributed by atoms with Gasteiger partial charge in [-0.3, -0.25) is 0 Å². The lowest BCUT2D eigenvalue weighted by Gasteiger charge is -2.11. The van der Waals surface area contributed by atoms with Crippen LogP contribution in [0, 0.1) is 0 Å². The van der Waals surface area contributed by atoms with Gasteiger partial charge < -0.3 is 4.74 Å². The summed E-state index contributed by atoms with van der Waals surface area (Å²) in [7, 11) is 1.11. The van der Waals surface area contributed by atoms with Gasteiger partial charge >= 0.3 is 18.3 Å². The van der Waals surface area contributed by atoms with Gasteiger partial charge in [-0.05, 0) is 12.1 Å². The second kappa shape index (κ2) is 8.12. The molecule has 31 heavy (non-hydrogen) atoms. The summed E-state index contributed by atoms with van der Waals surface area (Å²) in [5, 5.41) is 3.83. The first-order valence-corrected chi connectivity index (χ1v) is 8.12. The van der Waals surface area contributed by atoms with Gasteiger partial charge in [0, 0.05) is 29.7 Å². The van der Waals surface area contributed by atoms with Crippen LogP contribution in [-0.2, 0) is 21.9 Å². The fraction of sp³-hybridized carbons (Fsp3) is 0.176. The monoisotopic (exact) mass is 444 g/mol. The highest BCUT2D eigenvalue weighted by atomic mass is 19.4. The van der Waals surface area contributed by atoms with E-state index in [0.717, 1.165) is 24.3 Å². The number of methoxy groups -OCH3 is 1. The molecule has 0 aliphatic rings. The molecule has 8 nitrogen and oxygen atoms in total. The van der Waals surface area contributed by atoms with Crippen molar-refractivity contribution in [3.05, 3.63) is 54.1 Å². The van der Waals surface area contributed by atoms with Gasteiger partial charge in [-0.15, -0.1) is 5.10 Å². The Bertz CT molecular complexity index is 1090. The lowest BCUT2D eigenvalue weighted by Crippen LogP contribution is -2.15. The van der Waals surface area contributed by atoms with Crippen LogP contribution in [0.15, 0.2) is 37.2 Å². The highest BCUT2D eigenvalue weighted by molar-refractivity contribution is 6.19. The first-order chi connectivity index (χ1) is 14.5. The predicted molar refractivity (Wildman–Crippen MR) is 91.5 cm³/mol. The maximum atomic E-state index is 13.0. The zero-order valence-corrected chi connectivity index (χ0v) is 15.3. The van der Waals surface area contributed by atoms with Gasteiger partial charge in [-0.25, -0.2) is 29.4 Å². The topological polar surface area (TPSA) is 95.7 Å². The van der Waals surface area contributed by atoms with Crippen molar-refractivity contribution in [3.63, 3.8) is 0 Å². The number of aromatic nitrogens is 6. The lowest BCUT2D eigenvalue weighted by molar-refractivity contribution is -0.150. The molecule has 0 saturated carbocycles. The number of hydrogen-bond donors (Lipinski definition) is 0. The molecule has 3 rings (SSSR count). The second-order valence-electron chi connectivity index (χ2n) is 5.83. The summed E-state index contributed by atoms with van der Waals surface area (Å²) in [6, 6.07) is 0.787. The van der Waals surface area contributed by atoms with Crippen molar-refractivity contribution in [1.29, 1.82) is 0 Å². The van der Waals surface area contributed by atoms with E-state index in [9.17, 15) is 31.1 Å². The number of halogens is 6. The molecule has 0 aromatic carbocycles. The Morgan fingerprint density at radius 2 is 1.61 bits per heavy atom. The van der Waals surface area contributed by atoms with Crippen LogP contribution < -0.4 is 0 Å². The van der Waals surface area contributed by atoms with E-state index in [2.05, 4.69) is 29.8 Å². The van der Waals surface area contributed by atoms with E-state index in [0.29, 0.717) is 12.1 Å². The quantitative estimate of drug-likeness (QED) is 0.346. The first kappa shape index (κ1) is 21.9. The minimum atomic E-state index is -5.12. The number of carbonyl (C=O) groups excluding carboxylic acids is 1. The Hall–Kier alpha value is -3.84. The van der Waals surface area contributed by atoms with Crippen molar-refractivity contribution in [2.24, 2.45) is 0 Å². The van der Waals surface area contributed by atoms with Crippen molar-refractivity contribution in [2.45, 2.75) is 12.4 Å². The van der Waals surface area contributed by atoms with Gasteiger partial charge in [0.25, 0.3) is 0 Å². The van der Waals surface area contributed by atoms with E-state index in [1.165, 1.54) is 18.7 Å². The summed E-state index contributed by atoms with van der Waals surface area (Å²) in [4.78, 5) is 25.9. The standard InChI is InChI=1S/C17H10F6N6O2/c1-31-15(30)11(10-4-24-7-25-5-10)6-29-8-26-14(28-29)9-2-12(16(18,19)20)27-13(3-9)17(21,22)23/h2-8H,1H3/b11-6+. The fourth-order valence-corrected chi connectivity index (χ4v) is 2.34. The number of carbonyl (C=O) groups is 1. The Labute approximate surface area is 169 Å². The molecule has 0 saturated heterocycles. The molecule has 162 valence electrons. The Morgan fingerprint density at radius 3 is 2.13 bits per heavy atom. The highest BCUT2D eigenvalue weighted by Crippen LogP contribution is 2.35. The summed E-state index contributed by atoms with van der Waals surface area (Å²) >= 11 is 0. The van der Waals surface area contributed by atoms with Crippen molar-refractivity contribution >= 4 is 17.7 Å². The SMILES string of the molecule is COC(=O)/C(=C/n1cnc(-c2cc(C(F)(F)F)nc(C(F)(F)F)c2)n1)c1cncnc1. The molecule has 0 N–H and O–H groups in total. The summed E-state index contributed by atoms with van der Waals surface area (Å²) in [6.07, 6.45) is -4.34.